The Morgan fingerprint density at radius 2 is 1.74 bits per heavy atom. The Morgan fingerprint density at radius 1 is 0.971 bits per heavy atom. The zero-order chi connectivity index (χ0) is 24.8. The van der Waals surface area contributed by atoms with E-state index in [1.54, 1.807) is 77.6 Å². The molecule has 1 aromatic heterocycles. The summed E-state index contributed by atoms with van der Waals surface area (Å²) in [6, 6.07) is 19.9. The topological polar surface area (TPSA) is 85.6 Å². The smallest absolute Gasteiger partial charge is 0.343 e. The lowest BCUT2D eigenvalue weighted by Gasteiger charge is -2.05. The summed E-state index contributed by atoms with van der Waals surface area (Å²) in [5, 5.41) is 9.72. The molecule has 1 amide bonds. The third-order valence-electron chi connectivity index (χ3n) is 4.75. The first-order chi connectivity index (χ1) is 16.9. The van der Waals surface area contributed by atoms with Crippen LogP contribution in [0.15, 0.2) is 84.1 Å². The first-order valence-electron chi connectivity index (χ1n) is 10.3. The van der Waals surface area contributed by atoms with Crippen molar-refractivity contribution in [1.29, 1.82) is 0 Å². The SMILES string of the molecule is O=C(Oc1ccc(/C=N/NC(=O)c2ccn(Cc3ccc(Cl)cc3Cl)n2)cc1)c1cccc(Cl)c1. The quantitative estimate of drug-likeness (QED) is 0.141. The van der Waals surface area contributed by atoms with E-state index in [1.165, 1.54) is 12.3 Å². The molecule has 7 nitrogen and oxygen atoms in total. The summed E-state index contributed by atoms with van der Waals surface area (Å²) >= 11 is 18.0. The van der Waals surface area contributed by atoms with Crippen LogP contribution in [-0.2, 0) is 6.54 Å². The average Bonchev–Trinajstić information content (AvgIpc) is 3.31. The molecule has 4 aromatic rings. The van der Waals surface area contributed by atoms with Gasteiger partial charge in [0.15, 0.2) is 5.69 Å². The van der Waals surface area contributed by atoms with Gasteiger partial charge in [0.1, 0.15) is 5.75 Å². The Balaban J connectivity index is 1.30. The first kappa shape index (κ1) is 24.5. The summed E-state index contributed by atoms with van der Waals surface area (Å²) in [6.45, 7) is 0.390. The fraction of sp³-hybridized carbons (Fsp3) is 0.0400. The lowest BCUT2D eigenvalue weighted by Crippen LogP contribution is -2.18. The van der Waals surface area contributed by atoms with Crippen LogP contribution in [0, 0.1) is 0 Å². The molecule has 0 aliphatic heterocycles. The molecule has 3 aromatic carbocycles. The van der Waals surface area contributed by atoms with Gasteiger partial charge in [0.25, 0.3) is 5.91 Å². The number of hydrogen-bond donors (Lipinski definition) is 1. The molecule has 0 atom stereocenters. The van der Waals surface area contributed by atoms with E-state index in [2.05, 4.69) is 15.6 Å². The predicted molar refractivity (Wildman–Crippen MR) is 136 cm³/mol. The van der Waals surface area contributed by atoms with Crippen molar-refractivity contribution in [3.8, 4) is 5.75 Å². The Kier molecular flexibility index (Phi) is 7.82. The maximum absolute atomic E-state index is 12.3. The molecule has 0 fully saturated rings. The van der Waals surface area contributed by atoms with E-state index >= 15 is 0 Å². The maximum atomic E-state index is 12.3. The number of hydrazone groups is 1. The highest BCUT2D eigenvalue weighted by Crippen LogP contribution is 2.21. The minimum Gasteiger partial charge on any atom is -0.423 e. The molecule has 0 saturated carbocycles. The van der Waals surface area contributed by atoms with E-state index in [-0.39, 0.29) is 5.69 Å². The molecular weight excluding hydrogens is 511 g/mol. The predicted octanol–water partition coefficient (Wildman–Crippen LogP) is 5.87. The fourth-order valence-electron chi connectivity index (χ4n) is 3.02. The number of ether oxygens (including phenoxy) is 1. The van der Waals surface area contributed by atoms with Crippen LogP contribution in [0.3, 0.4) is 0 Å². The first-order valence-corrected chi connectivity index (χ1v) is 11.4. The summed E-state index contributed by atoms with van der Waals surface area (Å²) in [5.74, 6) is -0.615. The van der Waals surface area contributed by atoms with Crippen molar-refractivity contribution in [3.05, 3.63) is 116 Å². The van der Waals surface area contributed by atoms with Gasteiger partial charge in [0.2, 0.25) is 0 Å². The third-order valence-corrected chi connectivity index (χ3v) is 5.57. The van der Waals surface area contributed by atoms with E-state index in [9.17, 15) is 9.59 Å². The van der Waals surface area contributed by atoms with Gasteiger partial charge >= 0.3 is 5.97 Å². The highest BCUT2D eigenvalue weighted by Gasteiger charge is 2.11. The van der Waals surface area contributed by atoms with Crippen molar-refractivity contribution in [2.75, 3.05) is 0 Å². The molecule has 0 bridgehead atoms. The van der Waals surface area contributed by atoms with Gasteiger partial charge in [-0.2, -0.15) is 10.2 Å². The monoisotopic (exact) mass is 526 g/mol. The van der Waals surface area contributed by atoms with Crippen LogP contribution in [0.2, 0.25) is 15.1 Å². The Bertz CT molecular complexity index is 1400. The standard InChI is InChI=1S/C25H17Cl3N4O3/c26-19-3-1-2-17(12-19)25(34)35-21-8-4-16(5-9-21)14-29-30-24(33)23-10-11-32(31-23)15-18-6-7-20(27)13-22(18)28/h1-14H,15H2,(H,30,33)/b29-14+. The van der Waals surface area contributed by atoms with Crippen molar-refractivity contribution in [2.24, 2.45) is 5.10 Å². The number of rotatable bonds is 7. The Labute approximate surface area is 215 Å². The second-order valence-corrected chi connectivity index (χ2v) is 8.58. The fourth-order valence-corrected chi connectivity index (χ4v) is 3.68. The van der Waals surface area contributed by atoms with E-state index in [4.69, 9.17) is 39.5 Å². The molecule has 0 unspecified atom stereocenters. The van der Waals surface area contributed by atoms with Gasteiger partial charge in [-0.25, -0.2) is 10.2 Å². The molecule has 176 valence electrons. The van der Waals surface area contributed by atoms with Crippen LogP contribution in [0.4, 0.5) is 0 Å². The lowest BCUT2D eigenvalue weighted by atomic mass is 10.2. The summed E-state index contributed by atoms with van der Waals surface area (Å²) in [7, 11) is 0. The molecule has 1 heterocycles. The van der Waals surface area contributed by atoms with Gasteiger partial charge in [-0.3, -0.25) is 9.48 Å². The van der Waals surface area contributed by atoms with E-state index < -0.39 is 11.9 Å². The molecule has 0 saturated heterocycles. The summed E-state index contributed by atoms with van der Waals surface area (Å²) < 4.78 is 6.93. The molecule has 1 N–H and O–H groups in total. The van der Waals surface area contributed by atoms with Crippen LogP contribution >= 0.6 is 34.8 Å². The van der Waals surface area contributed by atoms with Gasteiger partial charge in [-0.15, -0.1) is 0 Å². The molecule has 0 aliphatic carbocycles. The Morgan fingerprint density at radius 3 is 2.49 bits per heavy atom. The third kappa shape index (κ3) is 6.70. The maximum Gasteiger partial charge on any atom is 0.343 e. The number of nitrogens with zero attached hydrogens (tertiary/aromatic N) is 3. The number of aromatic nitrogens is 2. The Hall–Kier alpha value is -3.65. The number of nitrogens with one attached hydrogen (secondary N) is 1. The van der Waals surface area contributed by atoms with Crippen LogP contribution in [0.25, 0.3) is 0 Å². The zero-order valence-electron chi connectivity index (χ0n) is 18.0. The summed E-state index contributed by atoms with van der Waals surface area (Å²) in [6.07, 6.45) is 3.14. The molecule has 0 radical (unpaired) electrons. The number of esters is 1. The molecule has 10 heteroatoms. The highest BCUT2D eigenvalue weighted by atomic mass is 35.5. The van der Waals surface area contributed by atoms with Crippen LogP contribution in [-0.4, -0.2) is 27.9 Å². The number of carbonyl (C=O) groups is 2. The van der Waals surface area contributed by atoms with E-state index in [0.717, 1.165) is 5.56 Å². The largest absolute Gasteiger partial charge is 0.423 e. The second kappa shape index (κ2) is 11.2. The molecule has 4 rings (SSSR count). The number of halogens is 3. The van der Waals surface area contributed by atoms with Gasteiger partial charge < -0.3 is 4.74 Å². The van der Waals surface area contributed by atoms with Gasteiger partial charge in [-0.1, -0.05) is 46.9 Å². The summed E-state index contributed by atoms with van der Waals surface area (Å²) in [4.78, 5) is 24.5. The van der Waals surface area contributed by atoms with Crippen molar-refractivity contribution >= 4 is 52.9 Å². The van der Waals surface area contributed by atoms with Crippen LogP contribution < -0.4 is 10.2 Å². The number of hydrogen-bond acceptors (Lipinski definition) is 5. The number of carbonyl (C=O) groups excluding carboxylic acids is 2. The number of amides is 1. The zero-order valence-corrected chi connectivity index (χ0v) is 20.3. The minimum absolute atomic E-state index is 0.204. The lowest BCUT2D eigenvalue weighted by molar-refractivity contribution is 0.0734. The van der Waals surface area contributed by atoms with E-state index in [0.29, 0.717) is 38.5 Å². The van der Waals surface area contributed by atoms with Crippen LogP contribution in [0.5, 0.6) is 5.75 Å². The molecule has 35 heavy (non-hydrogen) atoms. The van der Waals surface area contributed by atoms with Crippen molar-refractivity contribution in [2.45, 2.75) is 6.54 Å². The van der Waals surface area contributed by atoms with Crippen molar-refractivity contribution in [3.63, 3.8) is 0 Å². The van der Waals surface area contributed by atoms with Gasteiger partial charge in [0, 0.05) is 21.3 Å². The normalized spacial score (nSPS) is 10.9. The number of benzene rings is 3. The highest BCUT2D eigenvalue weighted by molar-refractivity contribution is 6.35. The van der Waals surface area contributed by atoms with Crippen molar-refractivity contribution in [1.82, 2.24) is 15.2 Å². The average molecular weight is 528 g/mol. The van der Waals surface area contributed by atoms with Gasteiger partial charge in [-0.05, 0) is 71.8 Å². The molecule has 0 spiro atoms. The second-order valence-electron chi connectivity index (χ2n) is 7.30. The van der Waals surface area contributed by atoms with Crippen molar-refractivity contribution < 1.29 is 14.3 Å². The molecular formula is C25H17Cl3N4O3. The summed E-state index contributed by atoms with van der Waals surface area (Å²) in [5.41, 5.74) is 4.50. The van der Waals surface area contributed by atoms with E-state index in [1.807, 2.05) is 0 Å². The van der Waals surface area contributed by atoms with Gasteiger partial charge in [0.05, 0.1) is 18.3 Å². The minimum atomic E-state index is -0.515. The molecule has 0 aliphatic rings. The van der Waals surface area contributed by atoms with Crippen LogP contribution in [0.1, 0.15) is 32.0 Å².